The van der Waals surface area contributed by atoms with Crippen LogP contribution in [0, 0.1) is 6.92 Å². The van der Waals surface area contributed by atoms with E-state index in [2.05, 4.69) is 20.4 Å². The fourth-order valence-corrected chi connectivity index (χ4v) is 2.29. The van der Waals surface area contributed by atoms with Crippen LogP contribution in [-0.4, -0.2) is 38.8 Å². The van der Waals surface area contributed by atoms with Crippen molar-refractivity contribution in [2.45, 2.75) is 32.3 Å². The first-order valence-electron chi connectivity index (χ1n) is 6.36. The van der Waals surface area contributed by atoms with Crippen molar-refractivity contribution in [3.05, 3.63) is 18.1 Å². The van der Waals surface area contributed by atoms with Gasteiger partial charge in [-0.15, -0.1) is 0 Å². The molecule has 2 aromatic heterocycles. The molecule has 0 aliphatic carbocycles. The SMILES string of the molecule is Cc1cc(NCC[C@@H]2CCCO2)n2ncnc2n1. The Hall–Kier alpha value is -1.69. The number of nitrogens with zero attached hydrogens (tertiary/aromatic N) is 4. The van der Waals surface area contributed by atoms with Gasteiger partial charge < -0.3 is 10.1 Å². The molecule has 1 aliphatic heterocycles. The van der Waals surface area contributed by atoms with Gasteiger partial charge in [-0.25, -0.2) is 4.98 Å². The number of aromatic nitrogens is 4. The number of aryl methyl sites for hydroxylation is 1. The van der Waals surface area contributed by atoms with E-state index in [9.17, 15) is 0 Å². The molecule has 6 heteroatoms. The lowest BCUT2D eigenvalue weighted by Gasteiger charge is -2.11. The van der Waals surface area contributed by atoms with Gasteiger partial charge in [-0.3, -0.25) is 0 Å². The van der Waals surface area contributed by atoms with Crippen LogP contribution in [0.25, 0.3) is 5.78 Å². The van der Waals surface area contributed by atoms with Crippen molar-refractivity contribution in [3.8, 4) is 0 Å². The van der Waals surface area contributed by atoms with Crippen LogP contribution in [0.2, 0.25) is 0 Å². The summed E-state index contributed by atoms with van der Waals surface area (Å²) in [6, 6.07) is 1.98. The van der Waals surface area contributed by atoms with E-state index in [-0.39, 0.29) is 0 Å². The van der Waals surface area contributed by atoms with Gasteiger partial charge in [-0.1, -0.05) is 0 Å². The smallest absolute Gasteiger partial charge is 0.254 e. The fraction of sp³-hybridized carbons (Fsp3) is 0.583. The topological polar surface area (TPSA) is 64.3 Å². The Labute approximate surface area is 105 Å². The quantitative estimate of drug-likeness (QED) is 0.885. The van der Waals surface area contributed by atoms with Crippen molar-refractivity contribution in [3.63, 3.8) is 0 Å². The molecule has 3 rings (SSSR count). The highest BCUT2D eigenvalue weighted by Gasteiger charge is 2.15. The minimum atomic E-state index is 0.409. The van der Waals surface area contributed by atoms with Crippen LogP contribution in [0.5, 0.6) is 0 Å². The summed E-state index contributed by atoms with van der Waals surface area (Å²) < 4.78 is 7.32. The average Bonchev–Trinajstić information content (AvgIpc) is 2.98. The van der Waals surface area contributed by atoms with Gasteiger partial charge in [0.05, 0.1) is 6.10 Å². The summed E-state index contributed by atoms with van der Waals surface area (Å²) in [5, 5.41) is 7.54. The molecule has 1 N–H and O–H groups in total. The molecule has 1 atom stereocenters. The Balaban J connectivity index is 1.67. The van der Waals surface area contributed by atoms with Gasteiger partial charge in [0, 0.05) is 24.9 Å². The van der Waals surface area contributed by atoms with Crippen LogP contribution in [0.4, 0.5) is 5.82 Å². The van der Waals surface area contributed by atoms with Gasteiger partial charge in [-0.2, -0.15) is 14.6 Å². The third-order valence-corrected chi connectivity index (χ3v) is 3.18. The van der Waals surface area contributed by atoms with Gasteiger partial charge in [-0.05, 0) is 26.2 Å². The van der Waals surface area contributed by atoms with Crippen molar-refractivity contribution in [1.29, 1.82) is 0 Å². The minimum Gasteiger partial charge on any atom is -0.378 e. The Kier molecular flexibility index (Phi) is 3.10. The molecule has 96 valence electrons. The highest BCUT2D eigenvalue weighted by atomic mass is 16.5. The number of fused-ring (bicyclic) bond motifs is 1. The molecule has 0 spiro atoms. The maximum absolute atomic E-state index is 5.60. The minimum absolute atomic E-state index is 0.409. The summed E-state index contributed by atoms with van der Waals surface area (Å²) in [7, 11) is 0. The lowest BCUT2D eigenvalue weighted by Crippen LogP contribution is -2.14. The van der Waals surface area contributed by atoms with Crippen molar-refractivity contribution < 1.29 is 4.74 Å². The standard InChI is InChI=1S/C12H17N5O/c1-9-7-11(17-12(16-9)14-8-15-17)13-5-4-10-3-2-6-18-10/h7-8,10,13H,2-6H2,1H3/t10-/m0/s1. The van der Waals surface area contributed by atoms with Crippen molar-refractivity contribution in [2.75, 3.05) is 18.5 Å². The van der Waals surface area contributed by atoms with Crippen LogP contribution in [0.1, 0.15) is 25.0 Å². The normalized spacial score (nSPS) is 19.5. The number of ether oxygens (including phenoxy) is 1. The lowest BCUT2D eigenvalue weighted by molar-refractivity contribution is 0.107. The fourth-order valence-electron chi connectivity index (χ4n) is 2.29. The van der Waals surface area contributed by atoms with Crippen LogP contribution >= 0.6 is 0 Å². The summed E-state index contributed by atoms with van der Waals surface area (Å²) in [4.78, 5) is 8.41. The Morgan fingerprint density at radius 3 is 3.33 bits per heavy atom. The van der Waals surface area contributed by atoms with E-state index in [1.165, 1.54) is 19.2 Å². The summed E-state index contributed by atoms with van der Waals surface area (Å²) in [5.41, 5.74) is 0.940. The predicted molar refractivity (Wildman–Crippen MR) is 67.6 cm³/mol. The van der Waals surface area contributed by atoms with Crippen LogP contribution < -0.4 is 5.32 Å². The number of hydrogen-bond donors (Lipinski definition) is 1. The van der Waals surface area contributed by atoms with Crippen LogP contribution in [0.3, 0.4) is 0 Å². The zero-order chi connectivity index (χ0) is 12.4. The van der Waals surface area contributed by atoms with Gasteiger partial charge in [0.1, 0.15) is 12.1 Å². The number of rotatable bonds is 4. The van der Waals surface area contributed by atoms with Gasteiger partial charge in [0.2, 0.25) is 0 Å². The van der Waals surface area contributed by atoms with E-state index in [0.717, 1.165) is 31.1 Å². The molecule has 6 nitrogen and oxygen atoms in total. The molecule has 18 heavy (non-hydrogen) atoms. The molecule has 0 bridgehead atoms. The highest BCUT2D eigenvalue weighted by molar-refractivity contribution is 5.44. The molecule has 0 aromatic carbocycles. The first-order chi connectivity index (χ1) is 8.83. The van der Waals surface area contributed by atoms with E-state index in [4.69, 9.17) is 4.74 Å². The largest absolute Gasteiger partial charge is 0.378 e. The zero-order valence-corrected chi connectivity index (χ0v) is 10.5. The summed E-state index contributed by atoms with van der Waals surface area (Å²) >= 11 is 0. The highest BCUT2D eigenvalue weighted by Crippen LogP contribution is 2.16. The first kappa shape index (κ1) is 11.4. The second kappa shape index (κ2) is 4.89. The molecule has 3 heterocycles. The van der Waals surface area contributed by atoms with Crippen molar-refractivity contribution in [1.82, 2.24) is 19.6 Å². The average molecular weight is 247 g/mol. The molecule has 0 amide bonds. The molecule has 1 aliphatic rings. The van der Waals surface area contributed by atoms with Gasteiger partial charge in [0.25, 0.3) is 5.78 Å². The maximum atomic E-state index is 5.60. The van der Waals surface area contributed by atoms with Gasteiger partial charge in [0.15, 0.2) is 0 Å². The second-order valence-corrected chi connectivity index (χ2v) is 4.61. The lowest BCUT2D eigenvalue weighted by atomic mass is 10.2. The number of nitrogens with one attached hydrogen (secondary N) is 1. The van der Waals surface area contributed by atoms with Crippen molar-refractivity contribution in [2.24, 2.45) is 0 Å². The summed E-state index contributed by atoms with van der Waals surface area (Å²) in [6.07, 6.45) is 5.32. The molecule has 1 saturated heterocycles. The molecular weight excluding hydrogens is 230 g/mol. The molecule has 1 fully saturated rings. The van der Waals surface area contributed by atoms with Crippen LogP contribution in [0.15, 0.2) is 12.4 Å². The van der Waals surface area contributed by atoms with E-state index in [1.807, 2.05) is 13.0 Å². The third kappa shape index (κ3) is 2.28. The zero-order valence-electron chi connectivity index (χ0n) is 10.5. The molecule has 2 aromatic rings. The number of hydrogen-bond acceptors (Lipinski definition) is 5. The molecule has 0 unspecified atom stereocenters. The molecular formula is C12H17N5O. The third-order valence-electron chi connectivity index (χ3n) is 3.18. The monoisotopic (exact) mass is 247 g/mol. The second-order valence-electron chi connectivity index (χ2n) is 4.61. The Bertz CT molecular complexity index is 532. The Morgan fingerprint density at radius 2 is 2.50 bits per heavy atom. The number of anilines is 1. The van der Waals surface area contributed by atoms with Gasteiger partial charge >= 0.3 is 0 Å². The maximum Gasteiger partial charge on any atom is 0.254 e. The van der Waals surface area contributed by atoms with Crippen LogP contribution in [-0.2, 0) is 4.74 Å². The summed E-state index contributed by atoms with van der Waals surface area (Å²) in [5.74, 6) is 1.57. The van der Waals surface area contributed by atoms with E-state index in [1.54, 1.807) is 4.52 Å². The van der Waals surface area contributed by atoms with E-state index >= 15 is 0 Å². The molecule has 0 saturated carbocycles. The first-order valence-corrected chi connectivity index (χ1v) is 6.36. The summed E-state index contributed by atoms with van der Waals surface area (Å²) in [6.45, 7) is 3.75. The predicted octanol–water partition coefficient (Wildman–Crippen LogP) is 1.41. The van der Waals surface area contributed by atoms with E-state index in [0.29, 0.717) is 11.9 Å². The molecule has 0 radical (unpaired) electrons. The Morgan fingerprint density at radius 1 is 1.56 bits per heavy atom. The van der Waals surface area contributed by atoms with E-state index < -0.39 is 0 Å². The van der Waals surface area contributed by atoms with Crippen molar-refractivity contribution >= 4 is 11.6 Å².